The number of urea groups is 1. The molecule has 1 fully saturated rings. The van der Waals surface area contributed by atoms with Gasteiger partial charge in [0.2, 0.25) is 0 Å². The Morgan fingerprint density at radius 3 is 2.72 bits per heavy atom. The maximum Gasteiger partial charge on any atom is 0.317 e. The first kappa shape index (κ1) is 14.8. The molecule has 1 atom stereocenters. The molecule has 2 N–H and O–H groups in total. The van der Waals surface area contributed by atoms with Crippen LogP contribution in [0.25, 0.3) is 0 Å². The first-order valence-electron chi connectivity index (χ1n) is 6.77. The molecule has 104 valence electrons. The van der Waals surface area contributed by atoms with E-state index < -0.39 is 5.97 Å². The van der Waals surface area contributed by atoms with E-state index >= 15 is 0 Å². The van der Waals surface area contributed by atoms with E-state index in [4.69, 9.17) is 5.11 Å². The number of piperidine rings is 1. The van der Waals surface area contributed by atoms with Crippen molar-refractivity contribution in [1.82, 2.24) is 10.2 Å². The van der Waals surface area contributed by atoms with E-state index in [1.165, 1.54) is 6.42 Å². The van der Waals surface area contributed by atoms with Crippen LogP contribution in [-0.2, 0) is 4.79 Å². The lowest BCUT2D eigenvalue weighted by atomic mass is 9.94. The van der Waals surface area contributed by atoms with Gasteiger partial charge in [-0.15, -0.1) is 0 Å². The quantitative estimate of drug-likeness (QED) is 0.791. The molecule has 1 heterocycles. The van der Waals surface area contributed by atoms with E-state index in [1.54, 1.807) is 0 Å². The number of nitrogens with one attached hydrogen (secondary N) is 1. The Bertz CT molecular complexity index is 292. The van der Waals surface area contributed by atoms with Crippen LogP contribution in [0.4, 0.5) is 4.79 Å². The minimum absolute atomic E-state index is 0.0194. The van der Waals surface area contributed by atoms with Gasteiger partial charge in [0.1, 0.15) is 0 Å². The molecule has 1 aliphatic rings. The molecule has 18 heavy (non-hydrogen) atoms. The molecule has 1 aliphatic heterocycles. The third-order valence-electron chi connectivity index (χ3n) is 3.25. The number of likely N-dealkylation sites (tertiary alicyclic amines) is 1. The van der Waals surface area contributed by atoms with E-state index in [2.05, 4.69) is 19.2 Å². The number of carbonyl (C=O) groups is 2. The second-order valence-electron chi connectivity index (χ2n) is 5.35. The van der Waals surface area contributed by atoms with Crippen LogP contribution in [0.2, 0.25) is 0 Å². The van der Waals surface area contributed by atoms with Gasteiger partial charge in [-0.1, -0.05) is 13.8 Å². The summed E-state index contributed by atoms with van der Waals surface area (Å²) < 4.78 is 0. The molecule has 0 saturated carbocycles. The molecule has 0 aromatic carbocycles. The number of carboxylic acid groups (broad SMARTS) is 1. The summed E-state index contributed by atoms with van der Waals surface area (Å²) in [6.45, 7) is 5.32. The Labute approximate surface area is 109 Å². The zero-order valence-electron chi connectivity index (χ0n) is 11.3. The number of hydrogen-bond donors (Lipinski definition) is 2. The molecule has 2 amide bonds. The first-order valence-corrected chi connectivity index (χ1v) is 6.77. The van der Waals surface area contributed by atoms with Crippen LogP contribution in [0.5, 0.6) is 0 Å². The zero-order valence-corrected chi connectivity index (χ0v) is 11.3. The summed E-state index contributed by atoms with van der Waals surface area (Å²) in [5.41, 5.74) is 0. The van der Waals surface area contributed by atoms with Gasteiger partial charge in [0.25, 0.3) is 0 Å². The molecule has 1 rings (SSSR count). The van der Waals surface area contributed by atoms with Crippen molar-refractivity contribution in [3.8, 4) is 0 Å². The van der Waals surface area contributed by atoms with E-state index in [0.29, 0.717) is 12.0 Å². The van der Waals surface area contributed by atoms with Gasteiger partial charge in [-0.2, -0.15) is 0 Å². The van der Waals surface area contributed by atoms with Gasteiger partial charge in [-0.3, -0.25) is 4.79 Å². The molecule has 0 aromatic rings. The predicted octanol–water partition coefficient (Wildman–Crippen LogP) is 2.07. The summed E-state index contributed by atoms with van der Waals surface area (Å²) in [6.07, 6.45) is 4.28. The summed E-state index contributed by atoms with van der Waals surface area (Å²) in [5.74, 6) is -0.310. The fourth-order valence-electron chi connectivity index (χ4n) is 2.44. The lowest BCUT2D eigenvalue weighted by Gasteiger charge is -2.36. The molecule has 1 saturated heterocycles. The fraction of sp³-hybridized carbons (Fsp3) is 0.846. The molecular weight excluding hydrogens is 232 g/mol. The standard InChI is InChI=1S/C13H24N2O3/c1-10(2)9-11-5-3-4-8-15(11)13(18)14-7-6-12(16)17/h10-11H,3-9H2,1-2H3,(H,14,18)(H,16,17). The van der Waals surface area contributed by atoms with E-state index in [-0.39, 0.29) is 19.0 Å². The molecule has 1 unspecified atom stereocenters. The van der Waals surface area contributed by atoms with Gasteiger partial charge in [-0.25, -0.2) is 4.79 Å². The summed E-state index contributed by atoms with van der Waals surface area (Å²) in [6, 6.07) is 0.199. The summed E-state index contributed by atoms with van der Waals surface area (Å²) >= 11 is 0. The number of hydrogen-bond acceptors (Lipinski definition) is 2. The van der Waals surface area contributed by atoms with Gasteiger partial charge in [0.05, 0.1) is 6.42 Å². The average molecular weight is 256 g/mol. The largest absolute Gasteiger partial charge is 0.481 e. The third kappa shape index (κ3) is 4.94. The second kappa shape index (κ2) is 7.24. The van der Waals surface area contributed by atoms with Crippen molar-refractivity contribution in [3.05, 3.63) is 0 Å². The maximum absolute atomic E-state index is 12.0. The van der Waals surface area contributed by atoms with Crippen LogP contribution in [0.3, 0.4) is 0 Å². The maximum atomic E-state index is 12.0. The van der Waals surface area contributed by atoms with Gasteiger partial charge in [-0.05, 0) is 31.6 Å². The number of amides is 2. The Hall–Kier alpha value is -1.26. The highest BCUT2D eigenvalue weighted by molar-refractivity contribution is 5.75. The van der Waals surface area contributed by atoms with Crippen molar-refractivity contribution < 1.29 is 14.7 Å². The Balaban J connectivity index is 2.44. The van der Waals surface area contributed by atoms with E-state index in [9.17, 15) is 9.59 Å². The molecule has 5 heteroatoms. The molecule has 0 radical (unpaired) electrons. The van der Waals surface area contributed by atoms with Crippen LogP contribution in [-0.4, -0.2) is 41.1 Å². The van der Waals surface area contributed by atoms with Gasteiger partial charge < -0.3 is 15.3 Å². The summed E-state index contributed by atoms with van der Waals surface area (Å²) in [5, 5.41) is 11.2. The van der Waals surface area contributed by atoms with Crippen LogP contribution < -0.4 is 5.32 Å². The fourth-order valence-corrected chi connectivity index (χ4v) is 2.44. The number of carboxylic acids is 1. The molecule has 5 nitrogen and oxygen atoms in total. The number of aliphatic carboxylic acids is 1. The highest BCUT2D eigenvalue weighted by atomic mass is 16.4. The monoisotopic (exact) mass is 256 g/mol. The van der Waals surface area contributed by atoms with Crippen molar-refractivity contribution >= 4 is 12.0 Å². The Kier molecular flexibility index (Phi) is 5.95. The van der Waals surface area contributed by atoms with Crippen LogP contribution in [0.1, 0.15) is 46.0 Å². The zero-order chi connectivity index (χ0) is 13.5. The number of rotatable bonds is 5. The van der Waals surface area contributed by atoms with Crippen molar-refractivity contribution in [2.45, 2.75) is 52.0 Å². The number of nitrogens with zero attached hydrogens (tertiary/aromatic N) is 1. The predicted molar refractivity (Wildman–Crippen MR) is 69.5 cm³/mol. The highest BCUT2D eigenvalue weighted by Gasteiger charge is 2.26. The molecule has 0 aliphatic carbocycles. The first-order chi connectivity index (χ1) is 8.50. The van der Waals surface area contributed by atoms with Crippen molar-refractivity contribution in [3.63, 3.8) is 0 Å². The van der Waals surface area contributed by atoms with Crippen molar-refractivity contribution in [2.75, 3.05) is 13.1 Å². The summed E-state index contributed by atoms with van der Waals surface area (Å²) in [4.78, 5) is 24.3. The molecule has 0 spiro atoms. The lowest BCUT2D eigenvalue weighted by molar-refractivity contribution is -0.136. The highest BCUT2D eigenvalue weighted by Crippen LogP contribution is 2.22. The normalized spacial score (nSPS) is 19.9. The topological polar surface area (TPSA) is 69.6 Å². The average Bonchev–Trinajstić information content (AvgIpc) is 2.28. The minimum atomic E-state index is -0.882. The SMILES string of the molecule is CC(C)CC1CCCCN1C(=O)NCCC(=O)O. The summed E-state index contributed by atoms with van der Waals surface area (Å²) in [7, 11) is 0. The van der Waals surface area contributed by atoms with Crippen LogP contribution >= 0.6 is 0 Å². The van der Waals surface area contributed by atoms with Crippen LogP contribution in [0, 0.1) is 5.92 Å². The van der Waals surface area contributed by atoms with Gasteiger partial charge in [0.15, 0.2) is 0 Å². The second-order valence-corrected chi connectivity index (χ2v) is 5.35. The van der Waals surface area contributed by atoms with Crippen molar-refractivity contribution in [2.24, 2.45) is 5.92 Å². The number of carbonyl (C=O) groups excluding carboxylic acids is 1. The smallest absolute Gasteiger partial charge is 0.317 e. The van der Waals surface area contributed by atoms with E-state index in [0.717, 1.165) is 25.8 Å². The molecule has 0 bridgehead atoms. The third-order valence-corrected chi connectivity index (χ3v) is 3.25. The Morgan fingerprint density at radius 2 is 2.11 bits per heavy atom. The minimum Gasteiger partial charge on any atom is -0.481 e. The van der Waals surface area contributed by atoms with E-state index in [1.807, 2.05) is 4.90 Å². The molecular formula is C13H24N2O3. The van der Waals surface area contributed by atoms with Gasteiger partial charge >= 0.3 is 12.0 Å². The van der Waals surface area contributed by atoms with Crippen molar-refractivity contribution in [1.29, 1.82) is 0 Å². The Morgan fingerprint density at radius 1 is 1.39 bits per heavy atom. The molecule has 0 aromatic heterocycles. The lowest BCUT2D eigenvalue weighted by Crippen LogP contribution is -2.49. The van der Waals surface area contributed by atoms with Crippen LogP contribution in [0.15, 0.2) is 0 Å². The van der Waals surface area contributed by atoms with Gasteiger partial charge in [0, 0.05) is 19.1 Å².